The number of benzene rings is 1. The highest BCUT2D eigenvalue weighted by Crippen LogP contribution is 2.38. The predicted octanol–water partition coefficient (Wildman–Crippen LogP) is 2.78. The van der Waals surface area contributed by atoms with Crippen molar-refractivity contribution < 1.29 is 5.11 Å². The van der Waals surface area contributed by atoms with Crippen LogP contribution in [-0.4, -0.2) is 24.3 Å². The summed E-state index contributed by atoms with van der Waals surface area (Å²) >= 11 is 12.2. The normalized spacial score (nSPS) is 11.6. The number of aliphatic hydroxyl groups is 1. The highest BCUT2D eigenvalue weighted by atomic mass is 35.5. The van der Waals surface area contributed by atoms with Crippen LogP contribution in [0.2, 0.25) is 10.0 Å². The molecule has 0 bridgehead atoms. The Kier molecular flexibility index (Phi) is 3.94. The lowest BCUT2D eigenvalue weighted by molar-refractivity contribution is 0.216. The minimum Gasteiger partial charge on any atom is -0.399 e. The van der Waals surface area contributed by atoms with Gasteiger partial charge in [0.25, 0.3) is 0 Å². The topological polar surface area (TPSA) is 49.5 Å². The molecule has 0 heterocycles. The van der Waals surface area contributed by atoms with Crippen molar-refractivity contribution in [3.8, 4) is 0 Å². The van der Waals surface area contributed by atoms with E-state index in [0.29, 0.717) is 21.4 Å². The molecule has 0 aliphatic heterocycles. The molecule has 0 saturated heterocycles. The van der Waals surface area contributed by atoms with Gasteiger partial charge in [-0.1, -0.05) is 23.2 Å². The van der Waals surface area contributed by atoms with Crippen LogP contribution in [-0.2, 0) is 0 Å². The van der Waals surface area contributed by atoms with Crippen LogP contribution in [0.3, 0.4) is 0 Å². The van der Waals surface area contributed by atoms with Gasteiger partial charge in [-0.25, -0.2) is 0 Å². The van der Waals surface area contributed by atoms with Gasteiger partial charge in [-0.2, -0.15) is 0 Å². The summed E-state index contributed by atoms with van der Waals surface area (Å²) in [5.41, 5.74) is 6.39. The van der Waals surface area contributed by atoms with E-state index in [2.05, 4.69) is 0 Å². The zero-order valence-electron chi connectivity index (χ0n) is 9.59. The third kappa shape index (κ3) is 2.54. The second kappa shape index (κ2) is 4.70. The third-order valence-corrected chi connectivity index (χ3v) is 3.25. The molecule has 90 valence electrons. The van der Waals surface area contributed by atoms with Gasteiger partial charge in [0.05, 0.1) is 27.9 Å². The number of likely N-dealkylation sites (N-methyl/N-ethyl adjacent to an activating group) is 1. The molecule has 0 spiro atoms. The van der Waals surface area contributed by atoms with E-state index in [9.17, 15) is 5.11 Å². The SMILES string of the molecule is CN(c1c(Cl)cc(N)cc1Cl)C(C)(C)CO. The summed E-state index contributed by atoms with van der Waals surface area (Å²) < 4.78 is 0. The molecule has 3 nitrogen and oxygen atoms in total. The lowest BCUT2D eigenvalue weighted by Gasteiger charge is -2.37. The van der Waals surface area contributed by atoms with Gasteiger partial charge in [-0.05, 0) is 26.0 Å². The van der Waals surface area contributed by atoms with Crippen LogP contribution >= 0.6 is 23.2 Å². The Bertz CT molecular complexity index is 371. The largest absolute Gasteiger partial charge is 0.399 e. The number of anilines is 2. The van der Waals surface area contributed by atoms with Gasteiger partial charge in [0.1, 0.15) is 0 Å². The molecule has 1 aromatic rings. The Morgan fingerprint density at radius 2 is 1.75 bits per heavy atom. The minimum atomic E-state index is -0.441. The molecule has 0 aliphatic rings. The molecule has 0 aliphatic carbocycles. The van der Waals surface area contributed by atoms with Crippen LogP contribution in [0.5, 0.6) is 0 Å². The van der Waals surface area contributed by atoms with Crippen molar-refractivity contribution in [1.29, 1.82) is 0 Å². The van der Waals surface area contributed by atoms with Crippen molar-refractivity contribution >= 4 is 34.6 Å². The minimum absolute atomic E-state index is 0.000530. The zero-order valence-corrected chi connectivity index (χ0v) is 11.1. The van der Waals surface area contributed by atoms with Crippen molar-refractivity contribution in [1.82, 2.24) is 0 Å². The number of aliphatic hydroxyl groups excluding tert-OH is 1. The van der Waals surface area contributed by atoms with Gasteiger partial charge in [-0.3, -0.25) is 0 Å². The number of rotatable bonds is 3. The first-order valence-corrected chi connectivity index (χ1v) is 5.64. The van der Waals surface area contributed by atoms with Crippen LogP contribution in [0.1, 0.15) is 13.8 Å². The van der Waals surface area contributed by atoms with E-state index in [0.717, 1.165) is 0 Å². The van der Waals surface area contributed by atoms with E-state index in [1.807, 2.05) is 25.8 Å². The summed E-state index contributed by atoms with van der Waals surface area (Å²) in [6, 6.07) is 3.29. The number of halogens is 2. The van der Waals surface area contributed by atoms with Crippen molar-refractivity contribution in [3.63, 3.8) is 0 Å². The number of hydrogen-bond donors (Lipinski definition) is 2. The summed E-state index contributed by atoms with van der Waals surface area (Å²) in [6.45, 7) is 3.80. The third-order valence-electron chi connectivity index (χ3n) is 2.67. The molecule has 0 fully saturated rings. The molecule has 16 heavy (non-hydrogen) atoms. The van der Waals surface area contributed by atoms with E-state index in [-0.39, 0.29) is 6.61 Å². The maximum Gasteiger partial charge on any atom is 0.0749 e. The van der Waals surface area contributed by atoms with E-state index < -0.39 is 5.54 Å². The van der Waals surface area contributed by atoms with Crippen molar-refractivity contribution in [3.05, 3.63) is 22.2 Å². The van der Waals surface area contributed by atoms with Crippen LogP contribution < -0.4 is 10.6 Å². The number of nitrogens with zero attached hydrogens (tertiary/aromatic N) is 1. The van der Waals surface area contributed by atoms with Gasteiger partial charge in [0.15, 0.2) is 0 Å². The fraction of sp³-hybridized carbons (Fsp3) is 0.455. The van der Waals surface area contributed by atoms with Crippen LogP contribution in [0, 0.1) is 0 Å². The van der Waals surface area contributed by atoms with Crippen LogP contribution in [0.4, 0.5) is 11.4 Å². The lowest BCUT2D eigenvalue weighted by atomic mass is 10.0. The Labute approximate surface area is 106 Å². The zero-order chi connectivity index (χ0) is 12.5. The first-order valence-electron chi connectivity index (χ1n) is 4.89. The van der Waals surface area contributed by atoms with Gasteiger partial charge < -0.3 is 15.7 Å². The molecule has 0 radical (unpaired) electrons. The Morgan fingerprint density at radius 1 is 1.31 bits per heavy atom. The van der Waals surface area contributed by atoms with Gasteiger partial charge in [0, 0.05) is 12.7 Å². The second-order valence-electron chi connectivity index (χ2n) is 4.36. The van der Waals surface area contributed by atoms with E-state index >= 15 is 0 Å². The molecule has 0 atom stereocenters. The summed E-state index contributed by atoms with van der Waals surface area (Å²) in [7, 11) is 1.83. The highest BCUT2D eigenvalue weighted by Gasteiger charge is 2.26. The first-order chi connectivity index (χ1) is 7.29. The molecular formula is C11H16Cl2N2O. The van der Waals surface area contributed by atoms with Crippen LogP contribution in [0.15, 0.2) is 12.1 Å². The Balaban J connectivity index is 3.24. The molecule has 5 heteroatoms. The van der Waals surface area contributed by atoms with E-state index in [1.165, 1.54) is 0 Å². The molecule has 0 saturated carbocycles. The fourth-order valence-electron chi connectivity index (χ4n) is 1.31. The summed E-state index contributed by atoms with van der Waals surface area (Å²) in [6.07, 6.45) is 0. The maximum absolute atomic E-state index is 9.31. The summed E-state index contributed by atoms with van der Waals surface area (Å²) in [4.78, 5) is 1.84. The van der Waals surface area contributed by atoms with Crippen molar-refractivity contribution in [2.24, 2.45) is 0 Å². The molecule has 0 unspecified atom stereocenters. The number of nitrogen functional groups attached to an aromatic ring is 1. The maximum atomic E-state index is 9.31. The quantitative estimate of drug-likeness (QED) is 0.824. The number of hydrogen-bond acceptors (Lipinski definition) is 3. The molecule has 3 N–H and O–H groups in total. The van der Waals surface area contributed by atoms with Crippen LogP contribution in [0.25, 0.3) is 0 Å². The number of nitrogens with two attached hydrogens (primary N) is 1. The first kappa shape index (κ1) is 13.4. The average Bonchev–Trinajstić information content (AvgIpc) is 2.15. The molecule has 1 rings (SSSR count). The van der Waals surface area contributed by atoms with E-state index in [4.69, 9.17) is 28.9 Å². The van der Waals surface area contributed by atoms with Gasteiger partial charge in [0.2, 0.25) is 0 Å². The lowest BCUT2D eigenvalue weighted by Crippen LogP contribution is -2.44. The van der Waals surface area contributed by atoms with Crippen molar-refractivity contribution in [2.45, 2.75) is 19.4 Å². The molecule has 1 aromatic carbocycles. The average molecular weight is 263 g/mol. The van der Waals surface area contributed by atoms with Crippen molar-refractivity contribution in [2.75, 3.05) is 24.3 Å². The second-order valence-corrected chi connectivity index (χ2v) is 5.18. The van der Waals surface area contributed by atoms with Gasteiger partial charge in [-0.15, -0.1) is 0 Å². The smallest absolute Gasteiger partial charge is 0.0749 e. The Hall–Kier alpha value is -0.640. The highest BCUT2D eigenvalue weighted by molar-refractivity contribution is 6.39. The molecular weight excluding hydrogens is 247 g/mol. The standard InChI is InChI=1S/C11H16Cl2N2O/c1-11(2,6-16)15(3)10-8(12)4-7(14)5-9(10)13/h4-5,16H,6,14H2,1-3H3. The molecule has 0 amide bonds. The fourth-order valence-corrected chi connectivity index (χ4v) is 2.07. The predicted molar refractivity (Wildman–Crippen MR) is 70.4 cm³/mol. The summed E-state index contributed by atoms with van der Waals surface area (Å²) in [5.74, 6) is 0. The molecule has 0 aromatic heterocycles. The Morgan fingerprint density at radius 3 is 2.12 bits per heavy atom. The monoisotopic (exact) mass is 262 g/mol. The van der Waals surface area contributed by atoms with E-state index in [1.54, 1.807) is 12.1 Å². The van der Waals surface area contributed by atoms with Gasteiger partial charge >= 0.3 is 0 Å². The summed E-state index contributed by atoms with van der Waals surface area (Å²) in [5, 5.41) is 10.3.